The number of nitrogens with zero attached hydrogens (tertiary/aromatic N) is 2. The van der Waals surface area contributed by atoms with Crippen molar-refractivity contribution in [1.82, 2.24) is 10.3 Å². The van der Waals surface area contributed by atoms with Crippen LogP contribution in [-0.2, 0) is 11.3 Å². The number of non-ortho nitro benzene ring substituents is 1. The van der Waals surface area contributed by atoms with Crippen LogP contribution >= 0.6 is 23.1 Å². The van der Waals surface area contributed by atoms with E-state index in [4.69, 9.17) is 4.74 Å². The van der Waals surface area contributed by atoms with Gasteiger partial charge in [0.25, 0.3) is 5.69 Å². The zero-order valence-electron chi connectivity index (χ0n) is 14.7. The Morgan fingerprint density at radius 3 is 2.74 bits per heavy atom. The van der Waals surface area contributed by atoms with Crippen LogP contribution in [0.3, 0.4) is 0 Å². The molecule has 140 valence electrons. The number of rotatable bonds is 7. The quantitative estimate of drug-likeness (QED) is 0.364. The smallest absolute Gasteiger partial charge is 0.270 e. The van der Waals surface area contributed by atoms with Gasteiger partial charge >= 0.3 is 0 Å². The first kappa shape index (κ1) is 19.1. The van der Waals surface area contributed by atoms with Crippen molar-refractivity contribution in [1.29, 1.82) is 0 Å². The van der Waals surface area contributed by atoms with Crippen molar-refractivity contribution < 1.29 is 14.5 Å². The maximum atomic E-state index is 12.3. The fourth-order valence-electron chi connectivity index (χ4n) is 2.34. The van der Waals surface area contributed by atoms with Crippen LogP contribution in [0.2, 0.25) is 0 Å². The van der Waals surface area contributed by atoms with E-state index in [1.165, 1.54) is 35.2 Å². The molecule has 1 amide bonds. The van der Waals surface area contributed by atoms with Gasteiger partial charge in [0.2, 0.25) is 5.91 Å². The van der Waals surface area contributed by atoms with E-state index in [2.05, 4.69) is 10.3 Å². The number of hydrogen-bond donors (Lipinski definition) is 1. The average molecular weight is 403 g/mol. The summed E-state index contributed by atoms with van der Waals surface area (Å²) in [5, 5.41) is 13.4. The number of amides is 1. The van der Waals surface area contributed by atoms with Gasteiger partial charge in [0.15, 0.2) is 4.34 Å². The van der Waals surface area contributed by atoms with Crippen molar-refractivity contribution in [3.8, 4) is 5.75 Å². The highest BCUT2D eigenvalue weighted by molar-refractivity contribution is 8.02. The number of carbonyl (C=O) groups is 1. The van der Waals surface area contributed by atoms with Crippen molar-refractivity contribution in [3.05, 3.63) is 58.1 Å². The predicted molar refractivity (Wildman–Crippen MR) is 106 cm³/mol. The molecule has 0 aliphatic rings. The van der Waals surface area contributed by atoms with Crippen LogP contribution in [0.15, 0.2) is 46.8 Å². The molecule has 0 aliphatic carbocycles. The monoisotopic (exact) mass is 403 g/mol. The molecule has 27 heavy (non-hydrogen) atoms. The van der Waals surface area contributed by atoms with Gasteiger partial charge in [0.05, 0.1) is 27.5 Å². The maximum Gasteiger partial charge on any atom is 0.270 e. The molecule has 0 saturated heterocycles. The Morgan fingerprint density at radius 2 is 2.07 bits per heavy atom. The lowest BCUT2D eigenvalue weighted by Crippen LogP contribution is -2.30. The minimum atomic E-state index is -0.429. The minimum Gasteiger partial charge on any atom is -0.497 e. The summed E-state index contributed by atoms with van der Waals surface area (Å²) < 4.78 is 6.55. The molecule has 1 N–H and O–H groups in total. The second-order valence-corrected chi connectivity index (χ2v) is 8.33. The molecule has 0 radical (unpaired) electrons. The molecule has 0 unspecified atom stereocenters. The second-order valence-electron chi connectivity index (χ2n) is 5.71. The Kier molecular flexibility index (Phi) is 5.92. The zero-order valence-corrected chi connectivity index (χ0v) is 16.3. The molecule has 0 saturated carbocycles. The van der Waals surface area contributed by atoms with Crippen LogP contribution in [0.1, 0.15) is 12.5 Å². The summed E-state index contributed by atoms with van der Waals surface area (Å²) in [6, 6.07) is 12.1. The number of nitro groups is 1. The fourth-order valence-corrected chi connectivity index (χ4v) is 4.61. The fraction of sp³-hybridized carbons (Fsp3) is 0.222. The van der Waals surface area contributed by atoms with Crippen molar-refractivity contribution >= 4 is 44.9 Å². The summed E-state index contributed by atoms with van der Waals surface area (Å²) >= 11 is 2.69. The van der Waals surface area contributed by atoms with Crippen molar-refractivity contribution in [2.75, 3.05) is 7.11 Å². The van der Waals surface area contributed by atoms with Crippen LogP contribution in [0, 0.1) is 10.1 Å². The van der Waals surface area contributed by atoms with Crippen molar-refractivity contribution in [3.63, 3.8) is 0 Å². The third kappa shape index (κ3) is 4.75. The largest absolute Gasteiger partial charge is 0.497 e. The summed E-state index contributed by atoms with van der Waals surface area (Å²) in [6.07, 6.45) is 0. The number of nitro benzene ring substituents is 1. The van der Waals surface area contributed by atoms with Gasteiger partial charge in [-0.3, -0.25) is 14.9 Å². The van der Waals surface area contributed by atoms with Crippen LogP contribution < -0.4 is 10.1 Å². The molecule has 3 aromatic rings. The van der Waals surface area contributed by atoms with E-state index < -0.39 is 4.92 Å². The highest BCUT2D eigenvalue weighted by Gasteiger charge is 2.17. The Balaban J connectivity index is 1.60. The first-order valence-electron chi connectivity index (χ1n) is 8.08. The van der Waals surface area contributed by atoms with Gasteiger partial charge in [-0.15, -0.1) is 11.3 Å². The molecule has 7 nitrogen and oxygen atoms in total. The molecule has 9 heteroatoms. The summed E-state index contributed by atoms with van der Waals surface area (Å²) in [6.45, 7) is 2.24. The van der Waals surface area contributed by atoms with Crippen molar-refractivity contribution in [2.45, 2.75) is 23.1 Å². The highest BCUT2D eigenvalue weighted by Crippen LogP contribution is 2.33. The van der Waals surface area contributed by atoms with Gasteiger partial charge < -0.3 is 10.1 Å². The van der Waals surface area contributed by atoms with Gasteiger partial charge in [0.1, 0.15) is 5.75 Å². The Morgan fingerprint density at radius 1 is 1.33 bits per heavy atom. The summed E-state index contributed by atoms with van der Waals surface area (Å²) in [5.41, 5.74) is 1.71. The van der Waals surface area contributed by atoms with E-state index in [0.29, 0.717) is 16.4 Å². The van der Waals surface area contributed by atoms with E-state index in [1.54, 1.807) is 13.2 Å². The Hall–Kier alpha value is -2.65. The normalized spacial score (nSPS) is 11.9. The lowest BCUT2D eigenvalue weighted by Gasteiger charge is -2.10. The van der Waals surface area contributed by atoms with Gasteiger partial charge in [-0.2, -0.15) is 0 Å². The third-order valence-electron chi connectivity index (χ3n) is 3.84. The van der Waals surface area contributed by atoms with Crippen LogP contribution in [0.25, 0.3) is 10.2 Å². The Labute approximate surface area is 163 Å². The van der Waals surface area contributed by atoms with Crippen LogP contribution in [0.4, 0.5) is 5.69 Å². The molecule has 0 bridgehead atoms. The Bertz CT molecular complexity index is 972. The summed E-state index contributed by atoms with van der Waals surface area (Å²) in [4.78, 5) is 27.2. The topological polar surface area (TPSA) is 94.4 Å². The van der Waals surface area contributed by atoms with E-state index >= 15 is 0 Å². The number of fused-ring (bicyclic) bond motifs is 1. The first-order valence-corrected chi connectivity index (χ1v) is 9.78. The molecule has 1 heterocycles. The zero-order chi connectivity index (χ0) is 19.4. The number of nitrogens with one attached hydrogen (secondary N) is 1. The molecule has 0 spiro atoms. The van der Waals surface area contributed by atoms with Crippen LogP contribution in [0.5, 0.6) is 5.75 Å². The number of carbonyl (C=O) groups excluding carboxylic acids is 1. The second kappa shape index (κ2) is 8.36. The highest BCUT2D eigenvalue weighted by atomic mass is 32.2. The number of benzene rings is 2. The van der Waals surface area contributed by atoms with E-state index in [9.17, 15) is 14.9 Å². The summed E-state index contributed by atoms with van der Waals surface area (Å²) in [5.74, 6) is 0.672. The van der Waals surface area contributed by atoms with Crippen LogP contribution in [-0.4, -0.2) is 28.2 Å². The number of aromatic nitrogens is 1. The van der Waals surface area contributed by atoms with E-state index in [-0.39, 0.29) is 16.8 Å². The minimum absolute atomic E-state index is 0.0352. The van der Waals surface area contributed by atoms with Gasteiger partial charge in [-0.1, -0.05) is 23.9 Å². The van der Waals surface area contributed by atoms with Crippen molar-refractivity contribution in [2.24, 2.45) is 0 Å². The number of hydrogen-bond acceptors (Lipinski definition) is 7. The molecule has 2 aromatic carbocycles. The molecular formula is C18H17N3O4S2. The number of thioether (sulfide) groups is 1. The molecule has 1 aromatic heterocycles. The lowest BCUT2D eigenvalue weighted by atomic mass is 10.2. The first-order chi connectivity index (χ1) is 13.0. The van der Waals surface area contributed by atoms with E-state index in [0.717, 1.165) is 16.0 Å². The standard InChI is InChI=1S/C18H17N3O4S2/c1-11(17(22)19-10-12-3-6-14(25-2)7-4-12)26-18-20-15-8-5-13(21(23)24)9-16(15)27-18/h3-9,11H,10H2,1-2H3,(H,19,22)/t11-/m1/s1. The molecule has 1 atom stereocenters. The summed E-state index contributed by atoms with van der Waals surface area (Å²) in [7, 11) is 1.61. The number of methoxy groups -OCH3 is 1. The maximum absolute atomic E-state index is 12.3. The molecule has 0 aliphatic heterocycles. The van der Waals surface area contributed by atoms with Gasteiger partial charge in [-0.25, -0.2) is 4.98 Å². The SMILES string of the molecule is COc1ccc(CNC(=O)[C@@H](C)Sc2nc3ccc([N+](=O)[O-])cc3s2)cc1. The van der Waals surface area contributed by atoms with E-state index in [1.807, 2.05) is 31.2 Å². The predicted octanol–water partition coefficient (Wildman–Crippen LogP) is 4.01. The van der Waals surface area contributed by atoms with Gasteiger partial charge in [0, 0.05) is 18.7 Å². The molecule has 0 fully saturated rings. The number of ether oxygens (including phenoxy) is 1. The third-order valence-corrected chi connectivity index (χ3v) is 6.05. The molecular weight excluding hydrogens is 386 g/mol. The molecule has 3 rings (SSSR count). The lowest BCUT2D eigenvalue weighted by molar-refractivity contribution is -0.384. The van der Waals surface area contributed by atoms with Gasteiger partial charge in [-0.05, 0) is 30.7 Å². The average Bonchev–Trinajstić information content (AvgIpc) is 3.07. The number of thiazole rings is 1.